The van der Waals surface area contributed by atoms with Crippen molar-refractivity contribution in [1.29, 1.82) is 0 Å². The number of aliphatic hydroxyl groups is 1. The largest absolute Gasteiger partial charge is 0.411 e. The third-order valence-electron chi connectivity index (χ3n) is 4.01. The Hall–Kier alpha value is -1.39. The van der Waals surface area contributed by atoms with Crippen LogP contribution in [0.1, 0.15) is 45.8 Å². The van der Waals surface area contributed by atoms with Crippen LogP contribution in [0.2, 0.25) is 0 Å². The van der Waals surface area contributed by atoms with E-state index < -0.39 is 6.10 Å². The Bertz CT molecular complexity index is 494. The van der Waals surface area contributed by atoms with Gasteiger partial charge in [0.25, 0.3) is 0 Å². The van der Waals surface area contributed by atoms with Crippen LogP contribution in [0.25, 0.3) is 0 Å². The van der Waals surface area contributed by atoms with Gasteiger partial charge in [-0.1, -0.05) is 35.5 Å². The molecule has 0 spiro atoms. The minimum Gasteiger partial charge on any atom is -0.411 e. The van der Waals surface area contributed by atoms with Crippen molar-refractivity contribution in [2.45, 2.75) is 51.3 Å². The van der Waals surface area contributed by atoms with Gasteiger partial charge in [-0.25, -0.2) is 0 Å². The first-order chi connectivity index (χ1) is 9.27. The number of nitrogens with zero attached hydrogens (tertiary/aromatic N) is 1. The molecule has 3 N–H and O–H groups in total. The van der Waals surface area contributed by atoms with Gasteiger partial charge in [0.2, 0.25) is 0 Å². The molecule has 1 saturated heterocycles. The van der Waals surface area contributed by atoms with Crippen molar-refractivity contribution in [3.8, 4) is 0 Å². The maximum atomic E-state index is 10.7. The van der Waals surface area contributed by atoms with E-state index in [0.29, 0.717) is 12.1 Å². The van der Waals surface area contributed by atoms with Gasteiger partial charge in [0, 0.05) is 23.4 Å². The number of benzene rings is 1. The molecule has 0 aromatic heterocycles. The second-order valence-corrected chi connectivity index (χ2v) is 6.83. The monoisotopic (exact) mass is 276 g/mol. The fraction of sp³-hybridized carbons (Fsp3) is 0.562. The van der Waals surface area contributed by atoms with Crippen molar-refractivity contribution in [3.63, 3.8) is 0 Å². The van der Waals surface area contributed by atoms with E-state index in [0.717, 1.165) is 5.56 Å². The summed E-state index contributed by atoms with van der Waals surface area (Å²) in [5.41, 5.74) is 0.972. The lowest BCUT2D eigenvalue weighted by Gasteiger charge is -2.49. The lowest BCUT2D eigenvalue weighted by molar-refractivity contribution is 0.0629. The van der Waals surface area contributed by atoms with Crippen LogP contribution in [0.15, 0.2) is 35.5 Å². The van der Waals surface area contributed by atoms with Crippen LogP contribution in [0.5, 0.6) is 0 Å². The summed E-state index contributed by atoms with van der Waals surface area (Å²) >= 11 is 0. The molecule has 2 atom stereocenters. The molecule has 20 heavy (non-hydrogen) atoms. The third kappa shape index (κ3) is 2.86. The van der Waals surface area contributed by atoms with Gasteiger partial charge in [0.05, 0.1) is 11.8 Å². The first kappa shape index (κ1) is 15.0. The van der Waals surface area contributed by atoms with E-state index in [2.05, 4.69) is 24.3 Å². The molecule has 1 aliphatic heterocycles. The second-order valence-electron chi connectivity index (χ2n) is 6.83. The smallest absolute Gasteiger partial charge is 0.0889 e. The average molecular weight is 276 g/mol. The van der Waals surface area contributed by atoms with E-state index >= 15 is 0 Å². The molecule has 4 heteroatoms. The number of rotatable bonds is 2. The molecule has 0 bridgehead atoms. The summed E-state index contributed by atoms with van der Waals surface area (Å²) in [4.78, 5) is 0. The van der Waals surface area contributed by atoms with Crippen LogP contribution in [0.4, 0.5) is 0 Å². The fourth-order valence-corrected chi connectivity index (χ4v) is 3.49. The SMILES string of the molecule is CC1(C)CC(=NO)[C@@H]([C@@H](O)c2ccccc2)C(C)(C)N1. The lowest BCUT2D eigenvalue weighted by Crippen LogP contribution is -2.64. The zero-order chi connectivity index (χ0) is 15.0. The summed E-state index contributed by atoms with van der Waals surface area (Å²) in [5, 5.41) is 27.1. The van der Waals surface area contributed by atoms with Crippen LogP contribution in [0, 0.1) is 5.92 Å². The quantitative estimate of drug-likeness (QED) is 0.575. The Kier molecular flexibility index (Phi) is 3.89. The number of aliphatic hydroxyl groups excluding tert-OH is 1. The van der Waals surface area contributed by atoms with Gasteiger partial charge in [0.15, 0.2) is 0 Å². The van der Waals surface area contributed by atoms with Gasteiger partial charge in [-0.05, 0) is 33.3 Å². The Balaban J connectivity index is 2.38. The highest BCUT2D eigenvalue weighted by Crippen LogP contribution is 2.39. The zero-order valence-corrected chi connectivity index (χ0v) is 12.6. The average Bonchev–Trinajstić information content (AvgIpc) is 2.36. The number of nitrogens with one attached hydrogen (secondary N) is 1. The van der Waals surface area contributed by atoms with Crippen molar-refractivity contribution in [2.24, 2.45) is 11.1 Å². The summed E-state index contributed by atoms with van der Waals surface area (Å²) in [6.07, 6.45) is -0.0812. The highest BCUT2D eigenvalue weighted by molar-refractivity contribution is 5.90. The van der Waals surface area contributed by atoms with Gasteiger partial charge in [-0.2, -0.15) is 0 Å². The van der Waals surface area contributed by atoms with Crippen molar-refractivity contribution < 1.29 is 10.3 Å². The molecule has 1 aromatic carbocycles. The first-order valence-electron chi connectivity index (χ1n) is 7.00. The molecule has 110 valence electrons. The van der Waals surface area contributed by atoms with Crippen LogP contribution >= 0.6 is 0 Å². The van der Waals surface area contributed by atoms with Crippen LogP contribution in [-0.2, 0) is 0 Å². The number of piperidine rings is 1. The van der Waals surface area contributed by atoms with E-state index in [1.54, 1.807) is 0 Å². The molecular weight excluding hydrogens is 252 g/mol. The number of oxime groups is 1. The number of hydrogen-bond donors (Lipinski definition) is 3. The van der Waals surface area contributed by atoms with E-state index in [1.165, 1.54) is 0 Å². The molecule has 1 aromatic rings. The van der Waals surface area contributed by atoms with E-state index in [4.69, 9.17) is 0 Å². The Labute approximate surface area is 120 Å². The van der Waals surface area contributed by atoms with Crippen molar-refractivity contribution in [2.75, 3.05) is 0 Å². The molecule has 0 radical (unpaired) electrons. The van der Waals surface area contributed by atoms with Gasteiger partial charge < -0.3 is 15.6 Å². The molecule has 1 heterocycles. The first-order valence-corrected chi connectivity index (χ1v) is 7.00. The molecule has 4 nitrogen and oxygen atoms in total. The topological polar surface area (TPSA) is 64.9 Å². The van der Waals surface area contributed by atoms with Crippen LogP contribution in [-0.4, -0.2) is 27.1 Å². The fourth-order valence-electron chi connectivity index (χ4n) is 3.49. The summed E-state index contributed by atoms with van der Waals surface area (Å²) in [5.74, 6) is -0.261. The molecule has 0 amide bonds. The van der Waals surface area contributed by atoms with Gasteiger partial charge in [-0.3, -0.25) is 0 Å². The van der Waals surface area contributed by atoms with Gasteiger partial charge >= 0.3 is 0 Å². The zero-order valence-electron chi connectivity index (χ0n) is 12.6. The highest BCUT2D eigenvalue weighted by atomic mass is 16.4. The standard InChI is InChI=1S/C16H24N2O2/c1-15(2)10-12(17-20)13(16(3,4)18-15)14(19)11-8-6-5-7-9-11/h5-9,13-14,18-20H,10H2,1-4H3/t13-,14-/m0/s1. The second kappa shape index (κ2) is 5.19. The normalized spacial score (nSPS) is 28.2. The summed E-state index contributed by atoms with van der Waals surface area (Å²) in [7, 11) is 0. The van der Waals surface area contributed by atoms with Gasteiger partial charge in [0.1, 0.15) is 0 Å². The molecule has 0 saturated carbocycles. The molecule has 1 fully saturated rings. The summed E-state index contributed by atoms with van der Waals surface area (Å²) in [6, 6.07) is 9.53. The van der Waals surface area contributed by atoms with E-state index in [9.17, 15) is 10.3 Å². The number of hydrogen-bond acceptors (Lipinski definition) is 4. The van der Waals surface area contributed by atoms with E-state index in [1.807, 2.05) is 44.2 Å². The van der Waals surface area contributed by atoms with Crippen molar-refractivity contribution >= 4 is 5.71 Å². The van der Waals surface area contributed by atoms with Crippen molar-refractivity contribution in [3.05, 3.63) is 35.9 Å². The Morgan fingerprint density at radius 1 is 1.20 bits per heavy atom. The third-order valence-corrected chi connectivity index (χ3v) is 4.01. The predicted molar refractivity (Wildman–Crippen MR) is 80.0 cm³/mol. The minimum atomic E-state index is -0.694. The Morgan fingerprint density at radius 3 is 2.35 bits per heavy atom. The maximum Gasteiger partial charge on any atom is 0.0889 e. The molecule has 2 rings (SSSR count). The molecule has 1 aliphatic rings. The van der Waals surface area contributed by atoms with Crippen molar-refractivity contribution in [1.82, 2.24) is 5.32 Å². The maximum absolute atomic E-state index is 10.7. The summed E-state index contributed by atoms with van der Waals surface area (Å²) in [6.45, 7) is 8.22. The van der Waals surface area contributed by atoms with E-state index in [-0.39, 0.29) is 17.0 Å². The van der Waals surface area contributed by atoms with Crippen LogP contribution < -0.4 is 5.32 Å². The Morgan fingerprint density at radius 2 is 1.80 bits per heavy atom. The molecule has 0 aliphatic carbocycles. The molecule has 0 unspecified atom stereocenters. The molecular formula is C16H24N2O2. The van der Waals surface area contributed by atoms with Crippen LogP contribution in [0.3, 0.4) is 0 Å². The highest BCUT2D eigenvalue weighted by Gasteiger charge is 2.47. The van der Waals surface area contributed by atoms with Gasteiger partial charge in [-0.15, -0.1) is 0 Å². The predicted octanol–water partition coefficient (Wildman–Crippen LogP) is 2.72. The summed E-state index contributed by atoms with van der Waals surface area (Å²) < 4.78 is 0. The lowest BCUT2D eigenvalue weighted by atomic mass is 9.69. The minimum absolute atomic E-state index is 0.155.